The van der Waals surface area contributed by atoms with Crippen molar-refractivity contribution < 1.29 is 27.5 Å². The molecule has 0 spiro atoms. The van der Waals surface area contributed by atoms with E-state index >= 15 is 0 Å². The van der Waals surface area contributed by atoms with Gasteiger partial charge in [-0.3, -0.25) is 9.59 Å². The molecule has 4 rings (SSSR count). The zero-order valence-electron chi connectivity index (χ0n) is 15.5. The van der Waals surface area contributed by atoms with Gasteiger partial charge in [-0.1, -0.05) is 18.2 Å². The molecule has 29 heavy (non-hydrogen) atoms. The van der Waals surface area contributed by atoms with Gasteiger partial charge in [0, 0.05) is 18.7 Å². The number of ether oxygens (including phenoxy) is 1. The summed E-state index contributed by atoms with van der Waals surface area (Å²) in [7, 11) is 0. The molecular formula is C21H19F3N2O3. The molecule has 2 amide bonds. The quantitative estimate of drug-likeness (QED) is 0.836. The van der Waals surface area contributed by atoms with Crippen LogP contribution in [0.5, 0.6) is 5.75 Å². The van der Waals surface area contributed by atoms with Crippen molar-refractivity contribution in [3.05, 3.63) is 53.6 Å². The van der Waals surface area contributed by atoms with E-state index in [-0.39, 0.29) is 24.6 Å². The Bertz CT molecular complexity index is 958. The molecule has 1 atom stereocenters. The molecule has 152 valence electrons. The summed E-state index contributed by atoms with van der Waals surface area (Å²) in [6, 6.07) is 11.2. The van der Waals surface area contributed by atoms with E-state index in [1.807, 2.05) is 18.2 Å². The highest BCUT2D eigenvalue weighted by molar-refractivity contribution is 6.04. The number of alkyl halides is 3. The third-order valence-electron chi connectivity index (χ3n) is 5.26. The standard InChI is InChI=1S/C21H19F3N2O3/c22-21(23,24)29-18-7-2-1-6-17(18)25-20(28)15-11-19(27)26(12-15)16-9-8-13-4-3-5-14(13)10-16/h1-2,6-10,15H,3-5,11-12H2,(H,25,28). The fourth-order valence-corrected chi connectivity index (χ4v) is 3.88. The molecule has 1 fully saturated rings. The van der Waals surface area contributed by atoms with Gasteiger partial charge in [0.05, 0.1) is 11.6 Å². The molecule has 0 aromatic heterocycles. The molecule has 8 heteroatoms. The van der Waals surface area contributed by atoms with Crippen LogP contribution in [0.1, 0.15) is 24.0 Å². The Labute approximate surface area is 165 Å². The largest absolute Gasteiger partial charge is 0.573 e. The van der Waals surface area contributed by atoms with E-state index in [9.17, 15) is 22.8 Å². The van der Waals surface area contributed by atoms with Crippen LogP contribution in [0.25, 0.3) is 0 Å². The van der Waals surface area contributed by atoms with Crippen LogP contribution in [0.2, 0.25) is 0 Å². The fourth-order valence-electron chi connectivity index (χ4n) is 3.88. The fraction of sp³-hybridized carbons (Fsp3) is 0.333. The van der Waals surface area contributed by atoms with Crippen LogP contribution < -0.4 is 15.0 Å². The summed E-state index contributed by atoms with van der Waals surface area (Å²) < 4.78 is 41.6. The highest BCUT2D eigenvalue weighted by Gasteiger charge is 2.36. The number of aryl methyl sites for hydroxylation is 2. The Morgan fingerprint density at radius 2 is 1.86 bits per heavy atom. The second-order valence-corrected chi connectivity index (χ2v) is 7.25. The number of nitrogens with zero attached hydrogens (tertiary/aromatic N) is 1. The smallest absolute Gasteiger partial charge is 0.404 e. The van der Waals surface area contributed by atoms with Crippen LogP contribution in [0.4, 0.5) is 24.5 Å². The minimum absolute atomic E-state index is 0.00517. The molecule has 1 N–H and O–H groups in total. The van der Waals surface area contributed by atoms with Crippen molar-refractivity contribution in [3.8, 4) is 5.75 Å². The van der Waals surface area contributed by atoms with Gasteiger partial charge >= 0.3 is 6.36 Å². The monoisotopic (exact) mass is 404 g/mol. The molecule has 2 aromatic rings. The first-order chi connectivity index (χ1) is 13.8. The molecule has 1 heterocycles. The SMILES string of the molecule is O=C(Nc1ccccc1OC(F)(F)F)C1CC(=O)N(c2ccc3c(c2)CCC3)C1. The van der Waals surface area contributed by atoms with Gasteiger partial charge in [0.1, 0.15) is 0 Å². The minimum atomic E-state index is -4.87. The van der Waals surface area contributed by atoms with E-state index in [2.05, 4.69) is 10.1 Å². The first-order valence-corrected chi connectivity index (χ1v) is 9.38. The zero-order chi connectivity index (χ0) is 20.6. The van der Waals surface area contributed by atoms with Crippen molar-refractivity contribution in [2.45, 2.75) is 32.0 Å². The number of anilines is 2. The van der Waals surface area contributed by atoms with Crippen molar-refractivity contribution in [1.82, 2.24) is 0 Å². The minimum Gasteiger partial charge on any atom is -0.404 e. The van der Waals surface area contributed by atoms with E-state index in [1.54, 1.807) is 4.90 Å². The van der Waals surface area contributed by atoms with Crippen LogP contribution in [0.3, 0.4) is 0 Å². The van der Waals surface area contributed by atoms with Crippen LogP contribution in [0, 0.1) is 5.92 Å². The topological polar surface area (TPSA) is 58.6 Å². The number of benzene rings is 2. The zero-order valence-corrected chi connectivity index (χ0v) is 15.5. The van der Waals surface area contributed by atoms with Crippen LogP contribution in [0.15, 0.2) is 42.5 Å². The van der Waals surface area contributed by atoms with E-state index in [1.165, 1.54) is 29.3 Å². The molecule has 5 nitrogen and oxygen atoms in total. The number of hydrogen-bond acceptors (Lipinski definition) is 3. The maximum absolute atomic E-state index is 12.6. The number of para-hydroxylation sites is 2. The second kappa shape index (κ2) is 7.42. The van der Waals surface area contributed by atoms with Gasteiger partial charge < -0.3 is 15.0 Å². The normalized spacial score (nSPS) is 18.7. The number of fused-ring (bicyclic) bond motifs is 1. The summed E-state index contributed by atoms with van der Waals surface area (Å²) in [4.78, 5) is 26.7. The van der Waals surface area contributed by atoms with Crippen molar-refractivity contribution in [2.24, 2.45) is 5.92 Å². The molecule has 0 bridgehead atoms. The second-order valence-electron chi connectivity index (χ2n) is 7.25. The van der Waals surface area contributed by atoms with Crippen LogP contribution in [-0.4, -0.2) is 24.7 Å². The lowest BCUT2D eigenvalue weighted by atomic mass is 10.1. The first kappa shape index (κ1) is 19.3. The predicted molar refractivity (Wildman–Crippen MR) is 101 cm³/mol. The molecule has 2 aromatic carbocycles. The number of amides is 2. The summed E-state index contributed by atoms with van der Waals surface area (Å²) in [6.45, 7) is 0.186. The first-order valence-electron chi connectivity index (χ1n) is 9.38. The molecular weight excluding hydrogens is 385 g/mol. The summed E-state index contributed by atoms with van der Waals surface area (Å²) in [5, 5.41) is 2.47. The maximum Gasteiger partial charge on any atom is 0.573 e. The van der Waals surface area contributed by atoms with Crippen molar-refractivity contribution in [1.29, 1.82) is 0 Å². The van der Waals surface area contributed by atoms with E-state index < -0.39 is 23.9 Å². The van der Waals surface area contributed by atoms with Crippen molar-refractivity contribution in [2.75, 3.05) is 16.8 Å². The number of rotatable bonds is 4. The number of carbonyl (C=O) groups excluding carboxylic acids is 2. The van der Waals surface area contributed by atoms with E-state index in [0.717, 1.165) is 31.0 Å². The van der Waals surface area contributed by atoms with E-state index in [0.29, 0.717) is 0 Å². The molecule has 0 saturated carbocycles. The van der Waals surface area contributed by atoms with Gasteiger partial charge in [-0.2, -0.15) is 0 Å². The summed E-state index contributed by atoms with van der Waals surface area (Å²) in [5.74, 6) is -1.84. The molecule has 1 unspecified atom stereocenters. The lowest BCUT2D eigenvalue weighted by molar-refractivity contribution is -0.274. The molecule has 1 aliphatic carbocycles. The van der Waals surface area contributed by atoms with Gasteiger partial charge in [-0.15, -0.1) is 13.2 Å². The van der Waals surface area contributed by atoms with Crippen LogP contribution in [-0.2, 0) is 22.4 Å². The summed E-state index contributed by atoms with van der Waals surface area (Å²) in [6.07, 6.45) is -1.75. The number of hydrogen-bond donors (Lipinski definition) is 1. The number of halogens is 3. The number of carbonyl (C=O) groups is 2. The van der Waals surface area contributed by atoms with Crippen molar-refractivity contribution >= 4 is 23.2 Å². The lowest BCUT2D eigenvalue weighted by Gasteiger charge is -2.18. The Hall–Kier alpha value is -3.03. The van der Waals surface area contributed by atoms with Gasteiger partial charge in [0.15, 0.2) is 5.75 Å². The van der Waals surface area contributed by atoms with Gasteiger partial charge in [0.25, 0.3) is 0 Å². The van der Waals surface area contributed by atoms with Crippen LogP contribution >= 0.6 is 0 Å². The summed E-state index contributed by atoms with van der Waals surface area (Å²) >= 11 is 0. The highest BCUT2D eigenvalue weighted by atomic mass is 19.4. The Morgan fingerprint density at radius 1 is 1.10 bits per heavy atom. The van der Waals surface area contributed by atoms with Gasteiger partial charge in [-0.05, 0) is 54.7 Å². The lowest BCUT2D eigenvalue weighted by Crippen LogP contribution is -2.28. The Morgan fingerprint density at radius 3 is 2.66 bits per heavy atom. The molecule has 1 saturated heterocycles. The summed E-state index contributed by atoms with van der Waals surface area (Å²) in [5.41, 5.74) is 3.18. The average molecular weight is 404 g/mol. The Balaban J connectivity index is 1.47. The predicted octanol–water partition coefficient (Wildman–Crippen LogP) is 4.07. The molecule has 1 aliphatic heterocycles. The third-order valence-corrected chi connectivity index (χ3v) is 5.26. The number of nitrogens with one attached hydrogen (secondary N) is 1. The highest BCUT2D eigenvalue weighted by Crippen LogP contribution is 2.33. The molecule has 2 aliphatic rings. The average Bonchev–Trinajstić information content (AvgIpc) is 3.27. The molecule has 0 radical (unpaired) electrons. The third kappa shape index (κ3) is 4.21. The maximum atomic E-state index is 12.6. The van der Waals surface area contributed by atoms with Gasteiger partial charge in [0.2, 0.25) is 11.8 Å². The van der Waals surface area contributed by atoms with Crippen molar-refractivity contribution in [3.63, 3.8) is 0 Å². The van der Waals surface area contributed by atoms with E-state index in [4.69, 9.17) is 0 Å². The van der Waals surface area contributed by atoms with Gasteiger partial charge in [-0.25, -0.2) is 0 Å². The Kier molecular flexibility index (Phi) is 4.94.